The summed E-state index contributed by atoms with van der Waals surface area (Å²) in [6, 6.07) is 9.39. The molecule has 0 spiro atoms. The molecule has 12 heteroatoms. The van der Waals surface area contributed by atoms with E-state index in [1.807, 2.05) is 0 Å². The van der Waals surface area contributed by atoms with Crippen molar-refractivity contribution in [3.63, 3.8) is 0 Å². The predicted molar refractivity (Wildman–Crippen MR) is 134 cm³/mol. The van der Waals surface area contributed by atoms with E-state index in [9.17, 15) is 9.59 Å². The fourth-order valence-electron chi connectivity index (χ4n) is 3.50. The largest absolute Gasteiger partial charge is 0.326 e. The molecule has 2 amide bonds. The van der Waals surface area contributed by atoms with Crippen LogP contribution in [0.3, 0.4) is 0 Å². The van der Waals surface area contributed by atoms with Gasteiger partial charge in [-0.05, 0) is 55.8 Å². The molecule has 2 unspecified atom stereocenters. The lowest BCUT2D eigenvalue weighted by Crippen LogP contribution is -2.19. The van der Waals surface area contributed by atoms with Crippen molar-refractivity contribution in [2.45, 2.75) is 24.1 Å². The summed E-state index contributed by atoms with van der Waals surface area (Å²) >= 11 is 31.2. The maximum atomic E-state index is 13.0. The standard InChI is InChI=1S/C22H16Cl5N5O2/c1-9-10(2)31-32-21(28-9)30-19(33)15-8-14(3-4-16(15)25)29-20(34)18-17(22(18,26)27)11-5-12(23)7-13(24)6-11/h3-8,17-18H,1-2H3,(H,29,34)(H,28,30,32,33). The molecule has 2 N–H and O–H groups in total. The van der Waals surface area contributed by atoms with E-state index in [4.69, 9.17) is 58.0 Å². The van der Waals surface area contributed by atoms with Crippen LogP contribution in [0.1, 0.15) is 33.2 Å². The van der Waals surface area contributed by atoms with Gasteiger partial charge in [0.25, 0.3) is 5.91 Å². The number of carbonyl (C=O) groups excluding carboxylic acids is 2. The Morgan fingerprint density at radius 1 is 0.912 bits per heavy atom. The number of benzene rings is 2. The Kier molecular flexibility index (Phi) is 6.95. The highest BCUT2D eigenvalue weighted by molar-refractivity contribution is 6.53. The molecule has 0 radical (unpaired) electrons. The van der Waals surface area contributed by atoms with Crippen molar-refractivity contribution < 1.29 is 9.59 Å². The molecule has 0 aliphatic heterocycles. The zero-order valence-corrected chi connectivity index (χ0v) is 21.4. The minimum Gasteiger partial charge on any atom is -0.326 e. The fraction of sp³-hybridized carbons (Fsp3) is 0.227. The molecule has 1 heterocycles. The van der Waals surface area contributed by atoms with Crippen molar-refractivity contribution in [3.8, 4) is 0 Å². The van der Waals surface area contributed by atoms with Crippen molar-refractivity contribution >= 4 is 81.5 Å². The summed E-state index contributed by atoms with van der Waals surface area (Å²) in [6.07, 6.45) is 0. The van der Waals surface area contributed by atoms with Gasteiger partial charge < -0.3 is 5.32 Å². The molecule has 1 aliphatic rings. The predicted octanol–water partition coefficient (Wildman–Crippen LogP) is 6.23. The molecule has 7 nitrogen and oxygen atoms in total. The number of nitrogens with zero attached hydrogens (tertiary/aromatic N) is 3. The van der Waals surface area contributed by atoms with Crippen LogP contribution >= 0.6 is 58.0 Å². The van der Waals surface area contributed by atoms with Crippen LogP contribution in [0.15, 0.2) is 36.4 Å². The first kappa shape index (κ1) is 24.9. The van der Waals surface area contributed by atoms with E-state index in [2.05, 4.69) is 25.8 Å². The Morgan fingerprint density at radius 2 is 1.59 bits per heavy atom. The Balaban J connectivity index is 1.51. The number of hydrogen-bond acceptors (Lipinski definition) is 5. The highest BCUT2D eigenvalue weighted by atomic mass is 35.5. The third-order valence-electron chi connectivity index (χ3n) is 5.38. The van der Waals surface area contributed by atoms with Gasteiger partial charge >= 0.3 is 0 Å². The summed E-state index contributed by atoms with van der Waals surface area (Å²) < 4.78 is -1.33. The van der Waals surface area contributed by atoms with Crippen LogP contribution in [0, 0.1) is 19.8 Å². The van der Waals surface area contributed by atoms with E-state index in [1.54, 1.807) is 38.1 Å². The zero-order valence-electron chi connectivity index (χ0n) is 17.7. The van der Waals surface area contributed by atoms with Crippen LogP contribution in [-0.2, 0) is 4.79 Å². The average molecular weight is 560 g/mol. The van der Waals surface area contributed by atoms with E-state index < -0.39 is 28.0 Å². The van der Waals surface area contributed by atoms with Gasteiger partial charge in [0.2, 0.25) is 11.9 Å². The minimum atomic E-state index is -1.33. The molecule has 1 fully saturated rings. The first-order chi connectivity index (χ1) is 16.0. The van der Waals surface area contributed by atoms with Crippen LogP contribution in [-0.4, -0.2) is 31.3 Å². The second-order valence-corrected chi connectivity index (χ2v) is 10.5. The van der Waals surface area contributed by atoms with E-state index in [0.717, 1.165) is 0 Å². The maximum Gasteiger partial charge on any atom is 0.259 e. The molecule has 0 bridgehead atoms. The van der Waals surface area contributed by atoms with Crippen molar-refractivity contribution in [1.29, 1.82) is 0 Å². The van der Waals surface area contributed by atoms with Crippen molar-refractivity contribution in [2.75, 3.05) is 10.6 Å². The van der Waals surface area contributed by atoms with Gasteiger partial charge in [-0.15, -0.1) is 28.3 Å². The summed E-state index contributed by atoms with van der Waals surface area (Å²) in [5, 5.41) is 14.1. The van der Waals surface area contributed by atoms with Gasteiger partial charge in [0.15, 0.2) is 0 Å². The van der Waals surface area contributed by atoms with Gasteiger partial charge in [-0.3, -0.25) is 14.9 Å². The molecular formula is C22H16Cl5N5O2. The summed E-state index contributed by atoms with van der Waals surface area (Å²) in [5.74, 6) is -2.21. The zero-order chi connectivity index (χ0) is 24.8. The number of hydrogen-bond donors (Lipinski definition) is 2. The minimum absolute atomic E-state index is 0.0358. The third-order valence-corrected chi connectivity index (χ3v) is 7.08. The Hall–Kier alpha value is -2.16. The van der Waals surface area contributed by atoms with Crippen molar-refractivity contribution in [2.24, 2.45) is 5.92 Å². The van der Waals surface area contributed by atoms with Crippen molar-refractivity contribution in [1.82, 2.24) is 15.2 Å². The van der Waals surface area contributed by atoms with Crippen LogP contribution in [0.2, 0.25) is 15.1 Å². The van der Waals surface area contributed by atoms with E-state index >= 15 is 0 Å². The molecule has 2 aromatic carbocycles. The van der Waals surface area contributed by atoms with Crippen molar-refractivity contribution in [3.05, 3.63) is 74.0 Å². The highest BCUT2D eigenvalue weighted by Gasteiger charge is 2.67. The Morgan fingerprint density at radius 3 is 2.24 bits per heavy atom. The number of alkyl halides is 2. The smallest absolute Gasteiger partial charge is 0.259 e. The van der Waals surface area contributed by atoms with Crippen LogP contribution in [0.4, 0.5) is 11.6 Å². The third kappa shape index (κ3) is 5.09. The topological polar surface area (TPSA) is 96.9 Å². The second-order valence-electron chi connectivity index (χ2n) is 7.78. The number of nitrogens with one attached hydrogen (secondary N) is 2. The summed E-state index contributed by atoms with van der Waals surface area (Å²) in [6.45, 7) is 3.50. The number of rotatable bonds is 5. The van der Waals surface area contributed by atoms with Gasteiger partial charge in [0, 0.05) is 21.7 Å². The SMILES string of the molecule is Cc1nnc(NC(=O)c2cc(NC(=O)C3C(c4cc(Cl)cc(Cl)c4)C3(Cl)Cl)ccc2Cl)nc1C. The quantitative estimate of drug-likeness (QED) is 0.362. The average Bonchev–Trinajstić information content (AvgIpc) is 3.33. The number of carbonyl (C=O) groups is 2. The van der Waals surface area contributed by atoms with Gasteiger partial charge in [0.05, 0.1) is 27.9 Å². The maximum absolute atomic E-state index is 13.0. The van der Waals surface area contributed by atoms with Crippen LogP contribution < -0.4 is 10.6 Å². The van der Waals surface area contributed by atoms with Gasteiger partial charge in [-0.25, -0.2) is 4.98 Å². The number of anilines is 2. The highest BCUT2D eigenvalue weighted by Crippen LogP contribution is 2.65. The molecule has 34 heavy (non-hydrogen) atoms. The lowest BCUT2D eigenvalue weighted by molar-refractivity contribution is -0.117. The first-order valence-corrected chi connectivity index (χ1v) is 11.8. The lowest BCUT2D eigenvalue weighted by atomic mass is 10.1. The number of halogens is 5. The molecule has 1 aromatic heterocycles. The second kappa shape index (κ2) is 9.47. The molecule has 2 atom stereocenters. The molecule has 1 aliphatic carbocycles. The van der Waals surface area contributed by atoms with E-state index in [-0.39, 0.29) is 16.5 Å². The molecule has 0 saturated heterocycles. The number of aryl methyl sites for hydroxylation is 2. The van der Waals surface area contributed by atoms with Crippen LogP contribution in [0.25, 0.3) is 0 Å². The molecule has 4 rings (SSSR count). The van der Waals surface area contributed by atoms with E-state index in [0.29, 0.717) is 32.7 Å². The molecule has 3 aromatic rings. The fourth-order valence-corrected chi connectivity index (χ4v) is 5.07. The first-order valence-electron chi connectivity index (χ1n) is 9.91. The molecule has 176 valence electrons. The monoisotopic (exact) mass is 557 g/mol. The van der Waals surface area contributed by atoms with Gasteiger partial charge in [-0.1, -0.05) is 34.8 Å². The normalized spacial score (nSPS) is 18.3. The van der Waals surface area contributed by atoms with Gasteiger partial charge in [-0.2, -0.15) is 5.10 Å². The Labute approximate surface area is 220 Å². The van der Waals surface area contributed by atoms with Gasteiger partial charge in [0.1, 0.15) is 4.33 Å². The molecular weight excluding hydrogens is 544 g/mol. The number of amides is 2. The summed E-state index contributed by atoms with van der Waals surface area (Å²) in [4.78, 5) is 29.9. The Bertz CT molecular complexity index is 1300. The summed E-state index contributed by atoms with van der Waals surface area (Å²) in [7, 11) is 0. The molecule has 1 saturated carbocycles. The lowest BCUT2D eigenvalue weighted by Gasteiger charge is -2.10. The number of aromatic nitrogens is 3. The summed E-state index contributed by atoms with van der Waals surface area (Å²) in [5.41, 5.74) is 2.37. The van der Waals surface area contributed by atoms with E-state index in [1.165, 1.54) is 12.1 Å². The van der Waals surface area contributed by atoms with Crippen LogP contribution in [0.5, 0.6) is 0 Å².